The molecule has 0 bridgehead atoms. The van der Waals surface area contributed by atoms with Gasteiger partial charge >= 0.3 is 0 Å². The molecule has 0 saturated carbocycles. The Morgan fingerprint density at radius 3 is 1.51 bits per heavy atom. The Morgan fingerprint density at radius 2 is 1.00 bits per heavy atom. The zero-order valence-electron chi connectivity index (χ0n) is 31.4. The number of aliphatic hydroxyl groups is 1. The molecule has 6 aromatic carbocycles. The van der Waals surface area contributed by atoms with Crippen LogP contribution in [0.5, 0.6) is 28.7 Å². The highest BCUT2D eigenvalue weighted by atomic mass is 16.5. The first-order chi connectivity index (χ1) is 27.2. The largest absolute Gasteiger partial charge is 0.489 e. The zero-order chi connectivity index (χ0) is 37.9. The van der Waals surface area contributed by atoms with Crippen LogP contribution in [-0.2, 0) is 37.8 Å². The van der Waals surface area contributed by atoms with Crippen LogP contribution >= 0.6 is 0 Å². The lowest BCUT2D eigenvalue weighted by molar-refractivity contribution is 0.0317. The number of benzene rings is 6. The van der Waals surface area contributed by atoms with Crippen molar-refractivity contribution in [3.8, 4) is 28.7 Å². The normalized spacial score (nSPS) is 11.4. The molecular formula is C49H50O6. The van der Waals surface area contributed by atoms with Crippen LogP contribution in [0.4, 0.5) is 0 Å². The summed E-state index contributed by atoms with van der Waals surface area (Å²) in [4.78, 5) is 0. The van der Waals surface area contributed by atoms with Gasteiger partial charge in [0.05, 0.1) is 19.3 Å². The Labute approximate surface area is 325 Å². The van der Waals surface area contributed by atoms with Gasteiger partial charge in [-0.15, -0.1) is 6.58 Å². The molecule has 0 aliphatic rings. The van der Waals surface area contributed by atoms with Gasteiger partial charge in [0.15, 0.2) is 11.5 Å². The highest BCUT2D eigenvalue weighted by Crippen LogP contribution is 2.45. The fourth-order valence-corrected chi connectivity index (χ4v) is 6.20. The summed E-state index contributed by atoms with van der Waals surface area (Å²) in [5, 5.41) is 10.2. The third-order valence-electron chi connectivity index (χ3n) is 9.15. The van der Waals surface area contributed by atoms with Crippen LogP contribution in [-0.4, -0.2) is 5.11 Å². The molecular weight excluding hydrogens is 685 g/mol. The van der Waals surface area contributed by atoms with Crippen LogP contribution in [0.2, 0.25) is 0 Å². The standard InChI is InChI=1S/C49H50O6/c1-2-3-4-5-18-27-46(52-35-39-21-12-7-13-22-39)43-30-47(53-36-40-23-14-8-15-24-40)49(48(31-43)54-37-41-25-16-9-17-26-41)55-45-29-42(33-50)28-44(32-45)51-34-38-19-10-6-11-20-38/h2,6-17,19-26,28-32,46,50H,1,3-5,18,27,33-37H2/t46-/m1/s1. The van der Waals surface area contributed by atoms with Crippen molar-refractivity contribution < 1.29 is 28.8 Å². The molecule has 6 nitrogen and oxygen atoms in total. The number of aliphatic hydroxyl groups excluding tert-OH is 1. The van der Waals surface area contributed by atoms with Crippen LogP contribution in [0.1, 0.15) is 71.6 Å². The van der Waals surface area contributed by atoms with Gasteiger partial charge in [-0.25, -0.2) is 0 Å². The third-order valence-corrected chi connectivity index (χ3v) is 9.15. The molecule has 0 unspecified atom stereocenters. The van der Waals surface area contributed by atoms with Gasteiger partial charge in [-0.3, -0.25) is 0 Å². The summed E-state index contributed by atoms with van der Waals surface area (Å²) in [6, 6.07) is 49.8. The van der Waals surface area contributed by atoms with Crippen molar-refractivity contribution in [1.29, 1.82) is 0 Å². The Morgan fingerprint density at radius 1 is 0.509 bits per heavy atom. The smallest absolute Gasteiger partial charge is 0.211 e. The van der Waals surface area contributed by atoms with E-state index in [1.165, 1.54) is 0 Å². The van der Waals surface area contributed by atoms with Gasteiger partial charge in [-0.2, -0.15) is 0 Å². The van der Waals surface area contributed by atoms with E-state index in [-0.39, 0.29) is 12.7 Å². The van der Waals surface area contributed by atoms with Crippen molar-refractivity contribution in [1.82, 2.24) is 0 Å². The fourth-order valence-electron chi connectivity index (χ4n) is 6.20. The molecule has 0 amide bonds. The van der Waals surface area contributed by atoms with E-state index in [0.29, 0.717) is 60.7 Å². The van der Waals surface area contributed by atoms with Gasteiger partial charge in [0.2, 0.25) is 5.75 Å². The SMILES string of the molecule is C=CCCCCC[C@@H](OCc1ccccc1)c1cc(OCc2ccccc2)c(Oc2cc(CO)cc(OCc3ccccc3)c2)c(OCc2ccccc2)c1. The van der Waals surface area contributed by atoms with E-state index in [1.54, 1.807) is 6.07 Å². The molecule has 0 aliphatic carbocycles. The second kappa shape index (κ2) is 21.2. The third kappa shape index (κ3) is 12.4. The lowest BCUT2D eigenvalue weighted by Crippen LogP contribution is -2.08. The number of unbranched alkanes of at least 4 members (excludes halogenated alkanes) is 3. The topological polar surface area (TPSA) is 66.4 Å². The van der Waals surface area contributed by atoms with E-state index in [4.69, 9.17) is 23.7 Å². The van der Waals surface area contributed by atoms with Crippen LogP contribution in [0, 0.1) is 0 Å². The molecule has 1 N–H and O–H groups in total. The minimum absolute atomic E-state index is 0.181. The quantitative estimate of drug-likeness (QED) is 0.0553. The average Bonchev–Trinajstić information content (AvgIpc) is 3.24. The number of hydrogen-bond donors (Lipinski definition) is 1. The summed E-state index contributed by atoms with van der Waals surface area (Å²) in [6.07, 6.45) is 6.71. The van der Waals surface area contributed by atoms with Crippen molar-refractivity contribution >= 4 is 0 Å². The number of rotatable bonds is 22. The molecule has 0 saturated heterocycles. The second-order valence-corrected chi connectivity index (χ2v) is 13.5. The molecule has 55 heavy (non-hydrogen) atoms. The lowest BCUT2D eigenvalue weighted by atomic mass is 10.0. The monoisotopic (exact) mass is 734 g/mol. The number of hydrogen-bond acceptors (Lipinski definition) is 6. The van der Waals surface area contributed by atoms with Gasteiger partial charge in [-0.05, 0) is 76.9 Å². The first kappa shape index (κ1) is 38.9. The van der Waals surface area contributed by atoms with Crippen molar-refractivity contribution in [2.45, 2.75) is 71.2 Å². The minimum Gasteiger partial charge on any atom is -0.489 e. The minimum atomic E-state index is -0.230. The van der Waals surface area contributed by atoms with E-state index in [1.807, 2.05) is 140 Å². The molecule has 6 rings (SSSR count). The summed E-state index contributed by atoms with van der Waals surface area (Å²) in [5.41, 5.74) is 5.77. The zero-order valence-corrected chi connectivity index (χ0v) is 31.4. The van der Waals surface area contributed by atoms with Crippen LogP contribution in [0.3, 0.4) is 0 Å². The van der Waals surface area contributed by atoms with Crippen LogP contribution in [0.15, 0.2) is 164 Å². The van der Waals surface area contributed by atoms with Gasteiger partial charge in [0.1, 0.15) is 31.3 Å². The van der Waals surface area contributed by atoms with Crippen molar-refractivity contribution in [2.75, 3.05) is 0 Å². The Bertz CT molecular complexity index is 1950. The molecule has 0 fully saturated rings. The highest BCUT2D eigenvalue weighted by molar-refractivity contribution is 5.57. The highest BCUT2D eigenvalue weighted by Gasteiger charge is 2.23. The molecule has 0 aromatic heterocycles. The molecule has 0 radical (unpaired) electrons. The molecule has 1 atom stereocenters. The first-order valence-corrected chi connectivity index (χ1v) is 19.0. The first-order valence-electron chi connectivity index (χ1n) is 19.0. The fraction of sp³-hybridized carbons (Fsp3) is 0.224. The number of ether oxygens (including phenoxy) is 5. The summed E-state index contributed by atoms with van der Waals surface area (Å²) in [6.45, 7) is 5.19. The summed E-state index contributed by atoms with van der Waals surface area (Å²) < 4.78 is 32.9. The second-order valence-electron chi connectivity index (χ2n) is 13.5. The van der Waals surface area contributed by atoms with E-state index >= 15 is 0 Å². The van der Waals surface area contributed by atoms with Crippen molar-refractivity contribution in [3.63, 3.8) is 0 Å². The molecule has 6 heteroatoms. The van der Waals surface area contributed by atoms with Gasteiger partial charge < -0.3 is 28.8 Å². The molecule has 0 heterocycles. The maximum absolute atomic E-state index is 10.2. The van der Waals surface area contributed by atoms with E-state index < -0.39 is 0 Å². The van der Waals surface area contributed by atoms with E-state index in [9.17, 15) is 5.11 Å². The summed E-state index contributed by atoms with van der Waals surface area (Å²) in [5.74, 6) is 2.52. The maximum Gasteiger partial charge on any atom is 0.211 e. The van der Waals surface area contributed by atoms with E-state index in [2.05, 4.69) is 18.7 Å². The molecule has 0 aliphatic heterocycles. The van der Waals surface area contributed by atoms with Gasteiger partial charge in [-0.1, -0.05) is 140 Å². The van der Waals surface area contributed by atoms with Crippen molar-refractivity contribution in [2.24, 2.45) is 0 Å². The lowest BCUT2D eigenvalue weighted by Gasteiger charge is -2.23. The maximum atomic E-state index is 10.2. The average molecular weight is 735 g/mol. The predicted octanol–water partition coefficient (Wildman–Crippen LogP) is 12.1. The summed E-state index contributed by atoms with van der Waals surface area (Å²) >= 11 is 0. The predicted molar refractivity (Wildman–Crippen MR) is 218 cm³/mol. The number of allylic oxidation sites excluding steroid dienone is 1. The van der Waals surface area contributed by atoms with Crippen LogP contribution < -0.4 is 18.9 Å². The Kier molecular flexibility index (Phi) is 15.0. The Balaban J connectivity index is 1.38. The molecule has 282 valence electrons. The van der Waals surface area contributed by atoms with E-state index in [0.717, 1.165) is 59.9 Å². The van der Waals surface area contributed by atoms with Crippen molar-refractivity contribution in [3.05, 3.63) is 198 Å². The Hall–Kier alpha value is -5.82. The molecule has 6 aromatic rings. The molecule has 0 spiro atoms. The summed E-state index contributed by atoms with van der Waals surface area (Å²) in [7, 11) is 0. The van der Waals surface area contributed by atoms with Crippen LogP contribution in [0.25, 0.3) is 0 Å². The van der Waals surface area contributed by atoms with Gasteiger partial charge in [0, 0.05) is 6.07 Å². The van der Waals surface area contributed by atoms with Gasteiger partial charge in [0.25, 0.3) is 0 Å².